The zero-order valence-corrected chi connectivity index (χ0v) is 26.5. The summed E-state index contributed by atoms with van der Waals surface area (Å²) in [4.78, 5) is 45.0. The molecule has 4 aliphatic rings. The third kappa shape index (κ3) is 4.99. The molecule has 7 rings (SSSR count). The number of hydrogen-bond donors (Lipinski definition) is 0. The zero-order chi connectivity index (χ0) is 32.0. The van der Waals surface area contributed by atoms with E-state index < -0.39 is 5.41 Å². The van der Waals surface area contributed by atoms with Crippen LogP contribution < -0.4 is 14.5 Å². The van der Waals surface area contributed by atoms with Gasteiger partial charge in [-0.25, -0.2) is 0 Å². The van der Waals surface area contributed by atoms with Gasteiger partial charge in [0, 0.05) is 51.8 Å². The maximum atomic E-state index is 14.5. The van der Waals surface area contributed by atoms with E-state index >= 15 is 0 Å². The van der Waals surface area contributed by atoms with Crippen molar-refractivity contribution in [2.24, 2.45) is 0 Å². The number of ether oxygens (including phenoxy) is 1. The monoisotopic (exact) mass is 617 g/mol. The van der Waals surface area contributed by atoms with Crippen LogP contribution in [0.2, 0.25) is 0 Å². The Bertz CT molecular complexity index is 1770. The fourth-order valence-corrected chi connectivity index (χ4v) is 7.95. The number of piperazine rings is 1. The number of aromatic nitrogens is 2. The summed E-state index contributed by atoms with van der Waals surface area (Å²) in [7, 11) is 3.94. The summed E-state index contributed by atoms with van der Waals surface area (Å²) in [5, 5.41) is 9.62. The van der Waals surface area contributed by atoms with Crippen LogP contribution in [-0.2, 0) is 40.8 Å². The van der Waals surface area contributed by atoms with E-state index in [1.807, 2.05) is 31.3 Å². The van der Waals surface area contributed by atoms with Crippen LogP contribution in [0.3, 0.4) is 0 Å². The lowest BCUT2D eigenvalue weighted by Gasteiger charge is -2.46. The molecule has 0 bridgehead atoms. The first-order chi connectivity index (χ1) is 22.3. The molecule has 1 aliphatic carbocycles. The predicted octanol–water partition coefficient (Wildman–Crippen LogP) is 4.17. The molecule has 1 spiro atoms. The van der Waals surface area contributed by atoms with Crippen molar-refractivity contribution in [3.8, 4) is 17.8 Å². The van der Waals surface area contributed by atoms with Gasteiger partial charge in [0.15, 0.2) is 5.82 Å². The maximum Gasteiger partial charge on any atom is 0.324 e. The molecule has 1 saturated heterocycles. The molecule has 0 unspecified atom stereocenters. The Morgan fingerprint density at radius 1 is 1.11 bits per heavy atom. The predicted molar refractivity (Wildman–Crippen MR) is 175 cm³/mol. The van der Waals surface area contributed by atoms with Crippen LogP contribution in [0, 0.1) is 11.3 Å². The van der Waals surface area contributed by atoms with E-state index in [0.29, 0.717) is 37.6 Å². The van der Waals surface area contributed by atoms with E-state index in [2.05, 4.69) is 47.7 Å². The number of carbonyl (C=O) groups is 2. The quantitative estimate of drug-likeness (QED) is 0.393. The summed E-state index contributed by atoms with van der Waals surface area (Å²) in [6.45, 7) is 6.72. The molecule has 2 aromatic carbocycles. The molecule has 10 heteroatoms. The van der Waals surface area contributed by atoms with Gasteiger partial charge in [0.25, 0.3) is 0 Å². The molecule has 3 aromatic rings. The van der Waals surface area contributed by atoms with Gasteiger partial charge in [0.05, 0.1) is 29.6 Å². The van der Waals surface area contributed by atoms with Crippen molar-refractivity contribution in [1.29, 1.82) is 5.26 Å². The summed E-state index contributed by atoms with van der Waals surface area (Å²) < 4.78 is 6.57. The number of rotatable bonds is 5. The van der Waals surface area contributed by atoms with Crippen LogP contribution in [0.15, 0.2) is 55.1 Å². The first-order valence-electron chi connectivity index (χ1n) is 16.1. The molecule has 2 atom stereocenters. The van der Waals surface area contributed by atoms with Crippen LogP contribution in [0.4, 0.5) is 11.5 Å². The molecule has 2 amide bonds. The normalized spacial score (nSPS) is 22.5. The average molecular weight is 618 g/mol. The van der Waals surface area contributed by atoms with E-state index in [0.717, 1.165) is 55.8 Å². The van der Waals surface area contributed by atoms with Crippen molar-refractivity contribution in [2.75, 3.05) is 50.1 Å². The van der Waals surface area contributed by atoms with Crippen molar-refractivity contribution < 1.29 is 14.3 Å². The van der Waals surface area contributed by atoms with Gasteiger partial charge in [-0.15, -0.1) is 0 Å². The highest BCUT2D eigenvalue weighted by Gasteiger charge is 2.50. The van der Waals surface area contributed by atoms with Crippen LogP contribution in [0.25, 0.3) is 0 Å². The topological polar surface area (TPSA) is 106 Å². The maximum absolute atomic E-state index is 14.5. The number of nitrogens with zero attached hydrogens (tertiary/aromatic N) is 7. The number of hydrogen-bond acceptors (Lipinski definition) is 8. The number of carbonyl (C=O) groups excluding carboxylic acids is 2. The minimum Gasteiger partial charge on any atom is -0.424 e. The molecule has 46 heavy (non-hydrogen) atoms. The molecule has 3 aliphatic heterocycles. The Labute approximate surface area is 269 Å². The van der Waals surface area contributed by atoms with Gasteiger partial charge >= 0.3 is 6.01 Å². The largest absolute Gasteiger partial charge is 0.424 e. The van der Waals surface area contributed by atoms with Crippen molar-refractivity contribution >= 4 is 23.3 Å². The lowest BCUT2D eigenvalue weighted by atomic mass is 9.65. The lowest BCUT2D eigenvalue weighted by Crippen LogP contribution is -2.56. The third-order valence-corrected chi connectivity index (χ3v) is 10.2. The Morgan fingerprint density at radius 2 is 1.93 bits per heavy atom. The molecular weight excluding hydrogens is 578 g/mol. The van der Waals surface area contributed by atoms with E-state index in [4.69, 9.17) is 14.7 Å². The molecular formula is C36H39N7O3. The number of nitriles is 1. The molecule has 236 valence electrons. The van der Waals surface area contributed by atoms with Gasteiger partial charge < -0.3 is 24.3 Å². The number of anilines is 2. The molecule has 4 heterocycles. The Morgan fingerprint density at radius 3 is 2.76 bits per heavy atom. The SMILES string of the molecule is C=CC(=O)N1CCN(c2nc(Oc3cccc4c3CCN(C)C4)nc3c2N(C)C(=O)[C@]2(CCCc4ccccc42)C3)C[C@@H]1CC#N. The minimum atomic E-state index is -0.714. The Kier molecular flexibility index (Phi) is 7.73. The molecule has 0 radical (unpaired) electrons. The average Bonchev–Trinajstić information content (AvgIpc) is 3.07. The Balaban J connectivity index is 1.34. The number of fused-ring (bicyclic) bond motifs is 4. The summed E-state index contributed by atoms with van der Waals surface area (Å²) in [6.07, 6.45) is 5.40. The van der Waals surface area contributed by atoms with E-state index in [-0.39, 0.29) is 30.3 Å². The summed E-state index contributed by atoms with van der Waals surface area (Å²) >= 11 is 0. The number of likely N-dealkylation sites (N-methyl/N-ethyl adjacent to an activating group) is 2. The second-order valence-corrected chi connectivity index (χ2v) is 12.9. The van der Waals surface area contributed by atoms with Crippen molar-refractivity contribution in [1.82, 2.24) is 19.8 Å². The highest BCUT2D eigenvalue weighted by Crippen LogP contribution is 2.49. The number of amides is 2. The van der Waals surface area contributed by atoms with Gasteiger partial charge in [-0.05, 0) is 61.6 Å². The second-order valence-electron chi connectivity index (χ2n) is 12.9. The third-order valence-electron chi connectivity index (χ3n) is 10.2. The second kappa shape index (κ2) is 11.9. The van der Waals surface area contributed by atoms with Crippen molar-refractivity contribution in [2.45, 2.75) is 56.5 Å². The van der Waals surface area contributed by atoms with Crippen LogP contribution in [0.1, 0.15) is 47.2 Å². The Hall–Kier alpha value is -4.75. The van der Waals surface area contributed by atoms with Crippen molar-refractivity contribution in [3.05, 3.63) is 83.1 Å². The molecule has 0 saturated carbocycles. The van der Waals surface area contributed by atoms with Crippen molar-refractivity contribution in [3.63, 3.8) is 0 Å². The van der Waals surface area contributed by atoms with Crippen LogP contribution in [-0.4, -0.2) is 77.9 Å². The van der Waals surface area contributed by atoms with Gasteiger partial charge in [-0.2, -0.15) is 15.2 Å². The zero-order valence-electron chi connectivity index (χ0n) is 26.5. The fourth-order valence-electron chi connectivity index (χ4n) is 7.95. The molecule has 1 fully saturated rings. The molecule has 1 aromatic heterocycles. The van der Waals surface area contributed by atoms with E-state index in [9.17, 15) is 14.9 Å². The van der Waals surface area contributed by atoms with Gasteiger partial charge in [-0.1, -0.05) is 43.0 Å². The highest BCUT2D eigenvalue weighted by molar-refractivity contribution is 6.06. The summed E-state index contributed by atoms with van der Waals surface area (Å²) in [5.74, 6) is 1.19. The number of benzene rings is 2. The van der Waals surface area contributed by atoms with E-state index in [1.165, 1.54) is 22.8 Å². The fraction of sp³-hybridized carbons (Fsp3) is 0.417. The molecule has 0 N–H and O–H groups in total. The van der Waals surface area contributed by atoms with E-state index in [1.54, 1.807) is 9.80 Å². The summed E-state index contributed by atoms with van der Waals surface area (Å²) in [5.41, 5.74) is 5.42. The van der Waals surface area contributed by atoms with Gasteiger partial charge in [0.1, 0.15) is 11.4 Å². The standard InChI is InChI=1S/C36H39N7O3/c1-4-31(44)43-20-19-42(23-26(43)14-17-37)33-32-29(21-36(34(45)41(32)3)16-8-11-24-9-5-6-12-28(24)36)38-35(39-33)46-30-13-7-10-25-22-40(2)18-15-27(25)30/h4-7,9-10,12-13,26H,1,8,11,14-16,18-23H2,2-3H3/t26-,36+/m0/s1. The highest BCUT2D eigenvalue weighted by atomic mass is 16.5. The van der Waals surface area contributed by atoms with Crippen LogP contribution >= 0.6 is 0 Å². The van der Waals surface area contributed by atoms with Gasteiger partial charge in [0.2, 0.25) is 11.8 Å². The smallest absolute Gasteiger partial charge is 0.324 e. The lowest BCUT2D eigenvalue weighted by molar-refractivity contribution is -0.128. The first kappa shape index (κ1) is 29.9. The minimum absolute atomic E-state index is 0.0426. The van der Waals surface area contributed by atoms with Crippen LogP contribution in [0.5, 0.6) is 11.8 Å². The number of aryl methyl sites for hydroxylation is 1. The first-order valence-corrected chi connectivity index (χ1v) is 16.1. The van der Waals surface area contributed by atoms with Gasteiger partial charge in [-0.3, -0.25) is 9.59 Å². The summed E-state index contributed by atoms with van der Waals surface area (Å²) in [6, 6.07) is 16.5. The molecule has 10 nitrogen and oxygen atoms in total.